The fraction of sp³-hybridized carbons (Fsp3) is 0.429. The van der Waals surface area contributed by atoms with Gasteiger partial charge >= 0.3 is 5.97 Å². The molecule has 0 rings (SSSR count). The number of nitrogens with zero attached hydrogens (tertiary/aromatic N) is 1. The monoisotopic (exact) mass is 141 g/mol. The van der Waals surface area contributed by atoms with Crippen molar-refractivity contribution in [3.8, 4) is 0 Å². The van der Waals surface area contributed by atoms with Gasteiger partial charge in [-0.1, -0.05) is 6.08 Å². The maximum Gasteiger partial charge on any atom is 0.309 e. The van der Waals surface area contributed by atoms with Gasteiger partial charge in [0.1, 0.15) is 0 Å². The summed E-state index contributed by atoms with van der Waals surface area (Å²) in [5.41, 5.74) is 0.593. The fourth-order valence-electron chi connectivity index (χ4n) is 0.560. The van der Waals surface area contributed by atoms with E-state index in [1.165, 1.54) is 0 Å². The molecule has 0 aliphatic heterocycles. The zero-order chi connectivity index (χ0) is 7.98. The summed E-state index contributed by atoms with van der Waals surface area (Å²) >= 11 is 0. The van der Waals surface area contributed by atoms with Gasteiger partial charge in [0.25, 0.3) is 0 Å². The van der Waals surface area contributed by atoms with Gasteiger partial charge < -0.3 is 5.11 Å². The molecule has 0 radical (unpaired) electrons. The molecule has 0 bridgehead atoms. The van der Waals surface area contributed by atoms with Gasteiger partial charge in [0, 0.05) is 12.8 Å². The Labute approximate surface area is 60.1 Å². The van der Waals surface area contributed by atoms with Crippen LogP contribution in [0.5, 0.6) is 0 Å². The van der Waals surface area contributed by atoms with E-state index in [1.807, 2.05) is 6.92 Å². The normalized spacial score (nSPS) is 12.4. The van der Waals surface area contributed by atoms with Gasteiger partial charge in [0.05, 0.1) is 6.42 Å². The molecule has 0 saturated heterocycles. The quantitative estimate of drug-likeness (QED) is 0.598. The molecule has 10 heavy (non-hydrogen) atoms. The van der Waals surface area contributed by atoms with Crippen LogP contribution in [0.3, 0.4) is 0 Å². The first kappa shape index (κ1) is 8.88. The number of carboxylic acid groups (broad SMARTS) is 1. The van der Waals surface area contributed by atoms with E-state index in [-0.39, 0.29) is 6.42 Å². The van der Waals surface area contributed by atoms with Crippen LogP contribution in [0.25, 0.3) is 0 Å². The Balaban J connectivity index is 3.98. The third-order valence-electron chi connectivity index (χ3n) is 0.979. The number of hydrogen-bond donors (Lipinski definition) is 1. The van der Waals surface area contributed by atoms with E-state index in [9.17, 15) is 4.79 Å². The molecule has 1 N–H and O–H groups in total. The second kappa shape index (κ2) is 4.73. The summed E-state index contributed by atoms with van der Waals surface area (Å²) in [5.74, 6) is -0.848. The van der Waals surface area contributed by atoms with E-state index in [4.69, 9.17) is 5.11 Å². The lowest BCUT2D eigenvalue weighted by molar-refractivity contribution is -0.135. The molecule has 3 heteroatoms. The molecular formula is C7H11NO2. The van der Waals surface area contributed by atoms with Gasteiger partial charge in [-0.15, -0.1) is 0 Å². The van der Waals surface area contributed by atoms with Crippen molar-refractivity contribution in [3.63, 3.8) is 0 Å². The standard InChI is InChI=1S/C7H11NO2/c1-3-4-6(8-2)5-7(9)10/h3-4H,5H2,1-2H3,(H,9,10)/b4-3-,8-6?. The Hall–Kier alpha value is -1.12. The molecule has 0 unspecified atom stereocenters. The lowest BCUT2D eigenvalue weighted by Crippen LogP contribution is -2.03. The molecule has 0 heterocycles. The van der Waals surface area contributed by atoms with Crippen LogP contribution in [0.2, 0.25) is 0 Å². The summed E-state index contributed by atoms with van der Waals surface area (Å²) in [6.07, 6.45) is 3.46. The lowest BCUT2D eigenvalue weighted by Gasteiger charge is -1.92. The number of carbonyl (C=O) groups is 1. The minimum Gasteiger partial charge on any atom is -0.481 e. The lowest BCUT2D eigenvalue weighted by atomic mass is 10.2. The molecule has 0 amide bonds. The summed E-state index contributed by atoms with van der Waals surface area (Å²) < 4.78 is 0. The minimum atomic E-state index is -0.848. The number of hydrogen-bond acceptors (Lipinski definition) is 2. The molecule has 0 atom stereocenters. The average Bonchev–Trinajstić information content (AvgIpc) is 1.86. The Morgan fingerprint density at radius 3 is 2.60 bits per heavy atom. The summed E-state index contributed by atoms with van der Waals surface area (Å²) in [6.45, 7) is 1.83. The van der Waals surface area contributed by atoms with Crippen molar-refractivity contribution >= 4 is 11.7 Å². The van der Waals surface area contributed by atoms with Crippen molar-refractivity contribution < 1.29 is 9.90 Å². The number of allylic oxidation sites excluding steroid dienone is 2. The second-order valence-electron chi connectivity index (χ2n) is 1.79. The van der Waals surface area contributed by atoms with Crippen molar-refractivity contribution in [3.05, 3.63) is 12.2 Å². The Morgan fingerprint density at radius 2 is 2.30 bits per heavy atom. The number of aliphatic imine (C=N–C) groups is 1. The molecule has 0 aliphatic rings. The van der Waals surface area contributed by atoms with Crippen LogP contribution in [0.4, 0.5) is 0 Å². The molecular weight excluding hydrogens is 130 g/mol. The fourth-order valence-corrected chi connectivity index (χ4v) is 0.560. The van der Waals surface area contributed by atoms with E-state index in [0.717, 1.165) is 0 Å². The van der Waals surface area contributed by atoms with Gasteiger partial charge in [-0.25, -0.2) is 0 Å². The highest BCUT2D eigenvalue weighted by molar-refractivity contribution is 6.04. The van der Waals surface area contributed by atoms with Gasteiger partial charge in [-0.3, -0.25) is 9.79 Å². The van der Waals surface area contributed by atoms with Crippen LogP contribution >= 0.6 is 0 Å². The van der Waals surface area contributed by atoms with Crippen molar-refractivity contribution in [2.45, 2.75) is 13.3 Å². The Morgan fingerprint density at radius 1 is 1.70 bits per heavy atom. The molecule has 56 valence electrons. The van der Waals surface area contributed by atoms with Crippen LogP contribution in [0, 0.1) is 0 Å². The zero-order valence-corrected chi connectivity index (χ0v) is 6.16. The van der Waals surface area contributed by atoms with Gasteiger partial charge in [0.2, 0.25) is 0 Å². The van der Waals surface area contributed by atoms with Gasteiger partial charge in [0.15, 0.2) is 0 Å². The van der Waals surface area contributed by atoms with Gasteiger partial charge in [-0.05, 0) is 13.0 Å². The molecule has 0 aromatic heterocycles. The minimum absolute atomic E-state index is 0.000833. The molecule has 0 aromatic carbocycles. The van der Waals surface area contributed by atoms with Crippen LogP contribution in [-0.4, -0.2) is 23.8 Å². The number of aliphatic carboxylic acids is 1. The maximum absolute atomic E-state index is 10.1. The van der Waals surface area contributed by atoms with E-state index < -0.39 is 5.97 Å². The van der Waals surface area contributed by atoms with Crippen LogP contribution in [0.1, 0.15) is 13.3 Å². The van der Waals surface area contributed by atoms with Crippen molar-refractivity contribution in [1.82, 2.24) is 0 Å². The summed E-state index contributed by atoms with van der Waals surface area (Å²) in [7, 11) is 1.58. The van der Waals surface area contributed by atoms with E-state index >= 15 is 0 Å². The second-order valence-corrected chi connectivity index (χ2v) is 1.79. The predicted octanol–water partition coefficient (Wildman–Crippen LogP) is 1.11. The topological polar surface area (TPSA) is 49.7 Å². The summed E-state index contributed by atoms with van der Waals surface area (Å²) in [5, 5.41) is 8.33. The summed E-state index contributed by atoms with van der Waals surface area (Å²) in [6, 6.07) is 0. The maximum atomic E-state index is 10.1. The highest BCUT2D eigenvalue weighted by Gasteiger charge is 1.99. The molecule has 0 saturated carbocycles. The predicted molar refractivity (Wildman–Crippen MR) is 40.4 cm³/mol. The largest absolute Gasteiger partial charge is 0.481 e. The molecule has 0 spiro atoms. The van der Waals surface area contributed by atoms with E-state index in [0.29, 0.717) is 5.71 Å². The zero-order valence-electron chi connectivity index (χ0n) is 6.16. The SMILES string of the molecule is C/C=C\C(CC(=O)O)=NC. The average molecular weight is 141 g/mol. The number of carboxylic acids is 1. The van der Waals surface area contributed by atoms with Crippen LogP contribution in [0.15, 0.2) is 17.1 Å². The smallest absolute Gasteiger partial charge is 0.309 e. The first-order valence-corrected chi connectivity index (χ1v) is 3.01. The molecule has 0 aromatic rings. The van der Waals surface area contributed by atoms with Crippen molar-refractivity contribution in [1.29, 1.82) is 0 Å². The van der Waals surface area contributed by atoms with E-state index in [2.05, 4.69) is 4.99 Å². The third kappa shape index (κ3) is 3.83. The van der Waals surface area contributed by atoms with Gasteiger partial charge in [-0.2, -0.15) is 0 Å². The first-order chi connectivity index (χ1) is 4.70. The molecule has 3 nitrogen and oxygen atoms in total. The third-order valence-corrected chi connectivity index (χ3v) is 0.979. The highest BCUT2D eigenvalue weighted by Crippen LogP contribution is 1.88. The first-order valence-electron chi connectivity index (χ1n) is 3.01. The van der Waals surface area contributed by atoms with Crippen LogP contribution in [-0.2, 0) is 4.79 Å². The Bertz CT molecular complexity index is 170. The van der Waals surface area contributed by atoms with Crippen LogP contribution < -0.4 is 0 Å². The van der Waals surface area contributed by atoms with E-state index in [1.54, 1.807) is 19.2 Å². The molecule has 0 fully saturated rings. The highest BCUT2D eigenvalue weighted by atomic mass is 16.4. The van der Waals surface area contributed by atoms with Crippen molar-refractivity contribution in [2.24, 2.45) is 4.99 Å². The summed E-state index contributed by atoms with van der Waals surface area (Å²) in [4.78, 5) is 13.9. The molecule has 0 aliphatic carbocycles. The Kier molecular flexibility index (Phi) is 4.20. The van der Waals surface area contributed by atoms with Crippen molar-refractivity contribution in [2.75, 3.05) is 7.05 Å². The number of rotatable bonds is 3.